The summed E-state index contributed by atoms with van der Waals surface area (Å²) in [5.41, 5.74) is -2.20. The molecule has 1 aliphatic rings. The molecule has 0 atom stereocenters. The van der Waals surface area contributed by atoms with E-state index >= 15 is 0 Å². The van der Waals surface area contributed by atoms with Gasteiger partial charge in [0, 0.05) is 11.0 Å². The maximum absolute atomic E-state index is 13.6. The fraction of sp³-hybridized carbons (Fsp3) is 0.333. The van der Waals surface area contributed by atoms with Crippen molar-refractivity contribution in [3.63, 3.8) is 0 Å². The van der Waals surface area contributed by atoms with E-state index in [1.54, 1.807) is 0 Å². The molecule has 0 bridgehead atoms. The Morgan fingerprint density at radius 2 is 2.08 bits per heavy atom. The Morgan fingerprint density at radius 1 is 1.42 bits per heavy atom. The molecule has 1 amide bonds. The number of nitrogens with one attached hydrogen (secondary N) is 1. The lowest BCUT2D eigenvalue weighted by molar-refractivity contribution is -0.140. The number of benzene rings is 1. The highest BCUT2D eigenvalue weighted by atomic mass is 79.9. The first-order valence-corrected chi connectivity index (χ1v) is 7.94. The van der Waals surface area contributed by atoms with Crippen molar-refractivity contribution >= 4 is 33.5 Å². The summed E-state index contributed by atoms with van der Waals surface area (Å²) >= 11 is 2.92. The molecule has 0 radical (unpaired) electrons. The van der Waals surface area contributed by atoms with E-state index in [0.29, 0.717) is 12.1 Å². The van der Waals surface area contributed by atoms with Gasteiger partial charge in [0.2, 0.25) is 0 Å². The molecule has 1 heterocycles. The normalized spacial score (nSPS) is 14.9. The zero-order chi connectivity index (χ0) is 19.6. The number of amides is 1. The third kappa shape index (κ3) is 3.98. The fourth-order valence-electron chi connectivity index (χ4n) is 2.35. The summed E-state index contributed by atoms with van der Waals surface area (Å²) in [4.78, 5) is 25.3. The number of carbonyl (C=O) groups excluding carboxylic acids is 2. The lowest BCUT2D eigenvalue weighted by atomic mass is 10.1. The van der Waals surface area contributed by atoms with Gasteiger partial charge in [-0.05, 0) is 28.1 Å². The van der Waals surface area contributed by atoms with E-state index in [2.05, 4.69) is 26.0 Å². The van der Waals surface area contributed by atoms with E-state index in [4.69, 9.17) is 5.11 Å². The highest BCUT2D eigenvalue weighted by Crippen LogP contribution is 2.37. The zero-order valence-corrected chi connectivity index (χ0v) is 14.9. The van der Waals surface area contributed by atoms with Crippen molar-refractivity contribution in [1.82, 2.24) is 4.90 Å². The lowest BCUT2D eigenvalue weighted by Crippen LogP contribution is -2.31. The van der Waals surface area contributed by atoms with Crippen molar-refractivity contribution in [2.75, 3.05) is 32.1 Å². The second-order valence-corrected chi connectivity index (χ2v) is 6.08. The fourth-order valence-corrected chi connectivity index (χ4v) is 2.76. The highest BCUT2D eigenvalue weighted by molar-refractivity contribution is 9.10. The number of methoxy groups -OCH3 is 1. The number of alkyl halides is 3. The molecule has 0 saturated heterocycles. The smallest absolute Gasteiger partial charge is 0.419 e. The van der Waals surface area contributed by atoms with Gasteiger partial charge in [-0.25, -0.2) is 9.18 Å². The largest absolute Gasteiger partial charge is 0.466 e. The van der Waals surface area contributed by atoms with E-state index in [1.807, 2.05) is 0 Å². The van der Waals surface area contributed by atoms with Gasteiger partial charge >= 0.3 is 12.1 Å². The predicted octanol–water partition coefficient (Wildman–Crippen LogP) is 2.28. The molecule has 6 nitrogen and oxygen atoms in total. The van der Waals surface area contributed by atoms with Crippen molar-refractivity contribution < 1.29 is 37.0 Å². The SMILES string of the molecule is COC(=O)C1=C(Nc2cc(C(F)(F)F)c(F)cc2Br)C(=O)N(CCO)C1. The number of aliphatic hydroxyl groups is 1. The van der Waals surface area contributed by atoms with Crippen LogP contribution in [0.15, 0.2) is 27.9 Å². The van der Waals surface area contributed by atoms with Crippen molar-refractivity contribution in [2.45, 2.75) is 6.18 Å². The second kappa shape index (κ2) is 7.62. The van der Waals surface area contributed by atoms with Crippen LogP contribution in [0.4, 0.5) is 23.2 Å². The van der Waals surface area contributed by atoms with Crippen LogP contribution in [0.25, 0.3) is 0 Å². The minimum atomic E-state index is -4.94. The molecule has 0 aliphatic carbocycles. The van der Waals surface area contributed by atoms with E-state index in [-0.39, 0.29) is 41.1 Å². The quantitative estimate of drug-likeness (QED) is 0.542. The average molecular weight is 441 g/mol. The number of esters is 1. The molecule has 11 heteroatoms. The molecule has 0 aromatic heterocycles. The van der Waals surface area contributed by atoms with Crippen LogP contribution in [0.1, 0.15) is 5.56 Å². The van der Waals surface area contributed by atoms with E-state index < -0.39 is 29.4 Å². The van der Waals surface area contributed by atoms with Gasteiger partial charge in [-0.3, -0.25) is 4.79 Å². The average Bonchev–Trinajstić information content (AvgIpc) is 2.85. The Morgan fingerprint density at radius 3 is 2.62 bits per heavy atom. The first-order valence-electron chi connectivity index (χ1n) is 7.15. The number of rotatable bonds is 5. The van der Waals surface area contributed by atoms with E-state index in [0.717, 1.165) is 12.0 Å². The molecular weight excluding hydrogens is 428 g/mol. The van der Waals surface area contributed by atoms with Gasteiger partial charge in [-0.1, -0.05) is 0 Å². The van der Waals surface area contributed by atoms with Crippen molar-refractivity contribution in [2.24, 2.45) is 0 Å². The van der Waals surface area contributed by atoms with Crippen LogP contribution in [0.3, 0.4) is 0 Å². The number of carbonyl (C=O) groups is 2. The standard InChI is InChI=1S/C15H13BrF4N2O4/c1-26-14(25)7-6-22(2-3-23)13(24)12(7)21-11-4-8(15(18,19)20)10(17)5-9(11)16/h4-5,21,23H,2-3,6H2,1H3. The number of nitrogens with zero attached hydrogens (tertiary/aromatic N) is 1. The maximum Gasteiger partial charge on any atom is 0.419 e. The zero-order valence-electron chi connectivity index (χ0n) is 13.3. The maximum atomic E-state index is 13.6. The van der Waals surface area contributed by atoms with Crippen LogP contribution in [0.5, 0.6) is 0 Å². The number of anilines is 1. The van der Waals surface area contributed by atoms with E-state index in [9.17, 15) is 27.2 Å². The van der Waals surface area contributed by atoms with Gasteiger partial charge in [0.15, 0.2) is 0 Å². The molecule has 2 N–H and O–H groups in total. The summed E-state index contributed by atoms with van der Waals surface area (Å²) in [6.45, 7) is -0.631. The Labute approximate surface area is 153 Å². The molecular formula is C15H13BrF4N2O4. The highest BCUT2D eigenvalue weighted by Gasteiger charge is 2.37. The van der Waals surface area contributed by atoms with Crippen LogP contribution in [0.2, 0.25) is 0 Å². The third-order valence-corrected chi connectivity index (χ3v) is 4.23. The number of β-amino-alcohol motifs (C(OH)–C–C–N with tert-alkyl or cyclic N) is 1. The number of aliphatic hydroxyl groups excluding tert-OH is 1. The van der Waals surface area contributed by atoms with Crippen LogP contribution in [0, 0.1) is 5.82 Å². The summed E-state index contributed by atoms with van der Waals surface area (Å²) in [7, 11) is 1.09. The minimum Gasteiger partial charge on any atom is -0.466 e. The van der Waals surface area contributed by atoms with E-state index in [1.165, 1.54) is 0 Å². The van der Waals surface area contributed by atoms with Gasteiger partial charge in [0.25, 0.3) is 5.91 Å². The van der Waals surface area contributed by atoms with Gasteiger partial charge in [-0.15, -0.1) is 0 Å². The van der Waals surface area contributed by atoms with Gasteiger partial charge < -0.3 is 20.1 Å². The molecule has 142 valence electrons. The van der Waals surface area contributed by atoms with Crippen molar-refractivity contribution in [3.05, 3.63) is 39.3 Å². The summed E-state index contributed by atoms with van der Waals surface area (Å²) in [6.07, 6.45) is -4.94. The molecule has 1 aromatic rings. The Kier molecular flexibility index (Phi) is 5.91. The molecule has 26 heavy (non-hydrogen) atoms. The van der Waals surface area contributed by atoms with Gasteiger partial charge in [-0.2, -0.15) is 13.2 Å². The molecule has 0 fully saturated rings. The third-order valence-electron chi connectivity index (χ3n) is 3.58. The Bertz CT molecular complexity index is 780. The number of halogens is 5. The first-order chi connectivity index (χ1) is 12.1. The molecule has 0 spiro atoms. The number of ether oxygens (including phenoxy) is 1. The molecule has 0 saturated carbocycles. The molecule has 2 rings (SSSR count). The first kappa shape index (κ1) is 20.2. The Balaban J connectivity index is 2.47. The topological polar surface area (TPSA) is 78.9 Å². The van der Waals surface area contributed by atoms with Crippen molar-refractivity contribution in [3.8, 4) is 0 Å². The monoisotopic (exact) mass is 440 g/mol. The number of hydrogen-bond acceptors (Lipinski definition) is 5. The summed E-state index contributed by atoms with van der Waals surface area (Å²) < 4.78 is 56.8. The molecule has 1 aromatic carbocycles. The minimum absolute atomic E-state index is 0.0758. The molecule has 1 aliphatic heterocycles. The Hall–Kier alpha value is -2.14. The molecule has 0 unspecified atom stereocenters. The summed E-state index contributed by atoms with van der Waals surface area (Å²) in [6, 6.07) is 1.09. The van der Waals surface area contributed by atoms with Crippen LogP contribution < -0.4 is 5.32 Å². The summed E-state index contributed by atoms with van der Waals surface area (Å²) in [5, 5.41) is 11.4. The van der Waals surface area contributed by atoms with Crippen LogP contribution >= 0.6 is 15.9 Å². The van der Waals surface area contributed by atoms with Crippen molar-refractivity contribution in [1.29, 1.82) is 0 Å². The van der Waals surface area contributed by atoms with Gasteiger partial charge in [0.05, 0.1) is 37.1 Å². The van der Waals surface area contributed by atoms with Gasteiger partial charge in [0.1, 0.15) is 11.5 Å². The second-order valence-electron chi connectivity index (χ2n) is 5.23. The number of hydrogen-bond donors (Lipinski definition) is 2. The van der Waals surface area contributed by atoms with Crippen LogP contribution in [-0.2, 0) is 20.5 Å². The predicted molar refractivity (Wildman–Crippen MR) is 85.4 cm³/mol. The summed E-state index contributed by atoms with van der Waals surface area (Å²) in [5.74, 6) is -3.04. The van der Waals surface area contributed by atoms with Crippen LogP contribution in [-0.4, -0.2) is 48.7 Å². The lowest BCUT2D eigenvalue weighted by Gasteiger charge is -2.16.